The van der Waals surface area contributed by atoms with Gasteiger partial charge in [0.2, 0.25) is 0 Å². The van der Waals surface area contributed by atoms with Crippen LogP contribution in [0.4, 0.5) is 0 Å². The summed E-state index contributed by atoms with van der Waals surface area (Å²) in [4.78, 5) is 0. The zero-order valence-electron chi connectivity index (χ0n) is 9.48. The molecule has 2 heterocycles. The average molecular weight is 216 g/mol. The van der Waals surface area contributed by atoms with E-state index < -0.39 is 0 Å². The van der Waals surface area contributed by atoms with Gasteiger partial charge in [0.05, 0.1) is 6.61 Å². The summed E-state index contributed by atoms with van der Waals surface area (Å²) in [6, 6.07) is 6.24. The predicted octanol–water partition coefficient (Wildman–Crippen LogP) is 3.55. The Kier molecular flexibility index (Phi) is 2.44. The summed E-state index contributed by atoms with van der Waals surface area (Å²) in [5, 5.41) is 0. The van der Waals surface area contributed by atoms with Crippen molar-refractivity contribution in [3.8, 4) is 5.75 Å². The minimum absolute atomic E-state index is 0.123. The van der Waals surface area contributed by atoms with Gasteiger partial charge >= 0.3 is 0 Å². The van der Waals surface area contributed by atoms with Crippen molar-refractivity contribution in [2.75, 3.05) is 6.61 Å². The van der Waals surface area contributed by atoms with Crippen LogP contribution in [0, 0.1) is 0 Å². The molecule has 2 unspecified atom stereocenters. The molecule has 0 N–H and O–H groups in total. The lowest BCUT2D eigenvalue weighted by atomic mass is 9.96. The second-order valence-corrected chi connectivity index (χ2v) is 4.32. The molecule has 0 radical (unpaired) electrons. The van der Waals surface area contributed by atoms with Gasteiger partial charge in [0.1, 0.15) is 18.0 Å². The molecule has 2 bridgehead atoms. The van der Waals surface area contributed by atoms with E-state index in [0.29, 0.717) is 0 Å². The van der Waals surface area contributed by atoms with Crippen LogP contribution in [0.25, 0.3) is 0 Å². The van der Waals surface area contributed by atoms with E-state index in [9.17, 15) is 0 Å². The largest absolute Gasteiger partial charge is 0.493 e. The van der Waals surface area contributed by atoms with Gasteiger partial charge in [-0.1, -0.05) is 37.6 Å². The van der Waals surface area contributed by atoms with Crippen LogP contribution in [-0.2, 0) is 4.74 Å². The monoisotopic (exact) mass is 216 g/mol. The van der Waals surface area contributed by atoms with E-state index >= 15 is 0 Å². The van der Waals surface area contributed by atoms with Crippen LogP contribution in [-0.4, -0.2) is 6.61 Å². The Morgan fingerprint density at radius 1 is 1.25 bits per heavy atom. The number of fused-ring (bicyclic) bond motifs is 5. The molecule has 1 aromatic carbocycles. The van der Waals surface area contributed by atoms with E-state index in [4.69, 9.17) is 9.47 Å². The molecule has 2 aliphatic rings. The Hall–Kier alpha value is -1.28. The van der Waals surface area contributed by atoms with E-state index in [-0.39, 0.29) is 12.2 Å². The van der Waals surface area contributed by atoms with E-state index in [0.717, 1.165) is 25.2 Å². The summed E-state index contributed by atoms with van der Waals surface area (Å²) in [6.07, 6.45) is 6.81. The first-order chi connectivity index (χ1) is 7.90. The zero-order chi connectivity index (χ0) is 11.0. The molecule has 84 valence electrons. The topological polar surface area (TPSA) is 18.5 Å². The summed E-state index contributed by atoms with van der Waals surface area (Å²) in [7, 11) is 0. The van der Waals surface area contributed by atoms with Gasteiger partial charge in [0.15, 0.2) is 0 Å². The Morgan fingerprint density at radius 3 is 3.00 bits per heavy atom. The lowest BCUT2D eigenvalue weighted by molar-refractivity contribution is 0.0867. The van der Waals surface area contributed by atoms with Gasteiger partial charge in [-0.15, -0.1) is 0 Å². The average Bonchev–Trinajstić information content (AvgIpc) is 2.91. The van der Waals surface area contributed by atoms with Crippen molar-refractivity contribution in [3.63, 3.8) is 0 Å². The lowest BCUT2D eigenvalue weighted by Crippen LogP contribution is -2.02. The van der Waals surface area contributed by atoms with Crippen LogP contribution in [0.3, 0.4) is 0 Å². The summed E-state index contributed by atoms with van der Waals surface area (Å²) in [5.74, 6) is 1.00. The van der Waals surface area contributed by atoms with Crippen LogP contribution in [0.15, 0.2) is 30.4 Å². The molecule has 2 atom stereocenters. The van der Waals surface area contributed by atoms with Gasteiger partial charge in [0.25, 0.3) is 0 Å². The third-order valence-corrected chi connectivity index (χ3v) is 3.20. The van der Waals surface area contributed by atoms with Gasteiger partial charge in [0, 0.05) is 5.56 Å². The zero-order valence-corrected chi connectivity index (χ0v) is 9.48. The fraction of sp³-hybridized carbons (Fsp3) is 0.429. The Balaban J connectivity index is 1.86. The first-order valence-corrected chi connectivity index (χ1v) is 5.99. The van der Waals surface area contributed by atoms with Crippen LogP contribution < -0.4 is 4.74 Å². The van der Waals surface area contributed by atoms with Gasteiger partial charge in [-0.05, 0) is 18.1 Å². The van der Waals surface area contributed by atoms with Gasteiger partial charge in [-0.2, -0.15) is 0 Å². The Morgan fingerprint density at radius 2 is 2.12 bits per heavy atom. The highest BCUT2D eigenvalue weighted by Gasteiger charge is 2.35. The summed E-state index contributed by atoms with van der Waals surface area (Å²) in [6.45, 7) is 2.97. The fourth-order valence-electron chi connectivity index (χ4n) is 2.36. The van der Waals surface area contributed by atoms with E-state index in [2.05, 4.69) is 31.2 Å². The molecule has 2 heteroatoms. The quantitative estimate of drug-likeness (QED) is 0.566. The third-order valence-electron chi connectivity index (χ3n) is 3.20. The highest BCUT2D eigenvalue weighted by Crippen LogP contribution is 2.49. The minimum atomic E-state index is 0.123. The highest BCUT2D eigenvalue weighted by atomic mass is 16.5. The minimum Gasteiger partial charge on any atom is -0.493 e. The second kappa shape index (κ2) is 3.95. The number of unbranched alkanes of at least 4 members (excludes halogenated alkanes) is 1. The maximum Gasteiger partial charge on any atom is 0.125 e. The first-order valence-electron chi connectivity index (χ1n) is 5.99. The van der Waals surface area contributed by atoms with Crippen molar-refractivity contribution < 1.29 is 9.47 Å². The van der Waals surface area contributed by atoms with Crippen molar-refractivity contribution in [2.45, 2.75) is 32.0 Å². The van der Waals surface area contributed by atoms with Crippen molar-refractivity contribution in [1.29, 1.82) is 0 Å². The van der Waals surface area contributed by atoms with E-state index in [1.54, 1.807) is 0 Å². The fourth-order valence-corrected chi connectivity index (χ4v) is 2.36. The SMILES string of the molecule is CCCCOc1cccc2c1C1C=CC2O1. The molecular formula is C14H16O2. The van der Waals surface area contributed by atoms with Crippen LogP contribution in [0.1, 0.15) is 43.1 Å². The lowest BCUT2D eigenvalue weighted by Gasteiger charge is -2.13. The van der Waals surface area contributed by atoms with Gasteiger partial charge in [-0.25, -0.2) is 0 Å². The molecule has 3 rings (SSSR count). The van der Waals surface area contributed by atoms with Gasteiger partial charge < -0.3 is 9.47 Å². The predicted molar refractivity (Wildman–Crippen MR) is 62.6 cm³/mol. The molecule has 0 saturated heterocycles. The summed E-state index contributed by atoms with van der Waals surface area (Å²) in [5.41, 5.74) is 2.52. The molecule has 0 saturated carbocycles. The normalized spacial score (nSPS) is 24.8. The summed E-state index contributed by atoms with van der Waals surface area (Å²) >= 11 is 0. The number of hydrogen-bond donors (Lipinski definition) is 0. The molecule has 1 aromatic rings. The molecule has 0 amide bonds. The number of rotatable bonds is 4. The first kappa shape index (κ1) is 9.91. The standard InChI is InChI=1S/C14H16O2/c1-2-3-9-15-12-6-4-5-10-11-7-8-13(16-11)14(10)12/h4-8,11,13H,2-3,9H2,1H3. The maximum absolute atomic E-state index is 5.83. The van der Waals surface area contributed by atoms with Crippen molar-refractivity contribution in [2.24, 2.45) is 0 Å². The highest BCUT2D eigenvalue weighted by molar-refractivity contribution is 5.51. The number of benzene rings is 1. The molecule has 2 aliphatic heterocycles. The molecule has 16 heavy (non-hydrogen) atoms. The summed E-state index contributed by atoms with van der Waals surface area (Å²) < 4.78 is 11.6. The van der Waals surface area contributed by atoms with Crippen LogP contribution in [0.2, 0.25) is 0 Å². The Labute approximate surface area is 95.9 Å². The molecular weight excluding hydrogens is 200 g/mol. The van der Waals surface area contributed by atoms with Gasteiger partial charge in [-0.3, -0.25) is 0 Å². The smallest absolute Gasteiger partial charge is 0.125 e. The van der Waals surface area contributed by atoms with Crippen LogP contribution >= 0.6 is 0 Å². The number of ether oxygens (including phenoxy) is 2. The third kappa shape index (κ3) is 1.45. The number of hydrogen-bond acceptors (Lipinski definition) is 2. The van der Waals surface area contributed by atoms with Crippen molar-refractivity contribution in [1.82, 2.24) is 0 Å². The molecule has 2 nitrogen and oxygen atoms in total. The molecule has 0 fully saturated rings. The molecule has 0 spiro atoms. The van der Waals surface area contributed by atoms with E-state index in [1.165, 1.54) is 11.1 Å². The van der Waals surface area contributed by atoms with E-state index in [1.807, 2.05) is 6.07 Å². The maximum atomic E-state index is 5.83. The second-order valence-electron chi connectivity index (χ2n) is 4.32. The molecule has 0 aromatic heterocycles. The molecule has 0 aliphatic carbocycles. The Bertz CT molecular complexity index is 423. The van der Waals surface area contributed by atoms with Crippen molar-refractivity contribution in [3.05, 3.63) is 41.5 Å². The van der Waals surface area contributed by atoms with Crippen LogP contribution in [0.5, 0.6) is 5.75 Å². The van der Waals surface area contributed by atoms with Crippen molar-refractivity contribution >= 4 is 0 Å².